The van der Waals surface area contributed by atoms with E-state index < -0.39 is 12.1 Å². The van der Waals surface area contributed by atoms with Gasteiger partial charge in [-0.25, -0.2) is 0 Å². The summed E-state index contributed by atoms with van der Waals surface area (Å²) < 4.78 is 10.6. The summed E-state index contributed by atoms with van der Waals surface area (Å²) in [4.78, 5) is 25.2. The molecule has 1 aliphatic heterocycles. The van der Waals surface area contributed by atoms with E-state index >= 15 is 0 Å². The van der Waals surface area contributed by atoms with Crippen LogP contribution in [0, 0.1) is 5.92 Å². The maximum absolute atomic E-state index is 12.6. The molecule has 1 aromatic rings. The Hall–Kier alpha value is -2.08. The molecule has 1 saturated heterocycles. The fraction of sp³-hybridized carbons (Fsp3) is 0.529. The Kier molecular flexibility index (Phi) is 4.52. The molecule has 0 bridgehead atoms. The van der Waals surface area contributed by atoms with Crippen LogP contribution in [0.4, 0.5) is 0 Å². The average molecular weight is 319 g/mol. The lowest BCUT2D eigenvalue weighted by atomic mass is 10.1. The number of carboxylic acid groups (broad SMARTS) is 1. The highest BCUT2D eigenvalue weighted by atomic mass is 16.5. The van der Waals surface area contributed by atoms with Crippen molar-refractivity contribution in [2.24, 2.45) is 5.92 Å². The fourth-order valence-corrected chi connectivity index (χ4v) is 3.18. The van der Waals surface area contributed by atoms with Crippen molar-refractivity contribution in [2.45, 2.75) is 24.9 Å². The third-order valence-electron chi connectivity index (χ3n) is 4.48. The molecule has 3 atom stereocenters. The molecule has 2 aliphatic rings. The maximum atomic E-state index is 12.6. The summed E-state index contributed by atoms with van der Waals surface area (Å²) in [6, 6.07) is 7.82. The van der Waals surface area contributed by atoms with Crippen LogP contribution in [0.5, 0.6) is 5.75 Å². The number of hydrogen-bond donors (Lipinski definition) is 1. The molecular formula is C17H21NO5. The summed E-state index contributed by atoms with van der Waals surface area (Å²) in [6.45, 7) is 1.31. The van der Waals surface area contributed by atoms with Crippen molar-refractivity contribution >= 4 is 11.9 Å². The van der Waals surface area contributed by atoms with E-state index in [0.717, 1.165) is 17.7 Å². The number of aliphatic carboxylic acids is 1. The Labute approximate surface area is 135 Å². The van der Waals surface area contributed by atoms with Crippen molar-refractivity contribution < 1.29 is 24.2 Å². The fourth-order valence-electron chi connectivity index (χ4n) is 3.18. The van der Waals surface area contributed by atoms with Crippen molar-refractivity contribution in [3.05, 3.63) is 29.8 Å². The molecule has 124 valence electrons. The Morgan fingerprint density at radius 2 is 2.26 bits per heavy atom. The molecule has 3 rings (SSSR count). The van der Waals surface area contributed by atoms with E-state index in [4.69, 9.17) is 14.6 Å². The van der Waals surface area contributed by atoms with E-state index in [0.29, 0.717) is 19.7 Å². The third-order valence-corrected chi connectivity index (χ3v) is 4.48. The normalized spacial score (nSPS) is 26.7. The van der Waals surface area contributed by atoms with Gasteiger partial charge in [0.1, 0.15) is 5.75 Å². The first-order chi connectivity index (χ1) is 11.1. The van der Waals surface area contributed by atoms with Gasteiger partial charge in [-0.05, 0) is 30.0 Å². The summed E-state index contributed by atoms with van der Waals surface area (Å²) in [5.41, 5.74) is 1.12. The summed E-state index contributed by atoms with van der Waals surface area (Å²) in [5, 5.41) is 8.86. The molecule has 0 aromatic heterocycles. The molecule has 1 aromatic carbocycles. The zero-order valence-electron chi connectivity index (χ0n) is 13.1. The molecule has 1 heterocycles. The molecule has 0 radical (unpaired) electrons. The number of nitrogens with zero attached hydrogens (tertiary/aromatic N) is 1. The molecule has 0 spiro atoms. The Morgan fingerprint density at radius 1 is 1.43 bits per heavy atom. The molecule has 1 aliphatic carbocycles. The minimum atomic E-state index is -0.898. The van der Waals surface area contributed by atoms with Crippen molar-refractivity contribution in [1.82, 2.24) is 4.90 Å². The number of carbonyl (C=O) groups is 2. The number of ether oxygens (including phenoxy) is 2. The quantitative estimate of drug-likeness (QED) is 0.890. The van der Waals surface area contributed by atoms with Crippen molar-refractivity contribution in [3.63, 3.8) is 0 Å². The van der Waals surface area contributed by atoms with E-state index in [2.05, 4.69) is 0 Å². The van der Waals surface area contributed by atoms with E-state index in [9.17, 15) is 9.59 Å². The van der Waals surface area contributed by atoms with Crippen LogP contribution in [0.2, 0.25) is 0 Å². The SMILES string of the molecule is COc1cccc([C@@H]2C[C@H]2C(=O)N2CCO[C@@H](CC(=O)O)C2)c1. The van der Waals surface area contributed by atoms with Gasteiger partial charge in [-0.2, -0.15) is 0 Å². The van der Waals surface area contributed by atoms with Crippen molar-refractivity contribution in [3.8, 4) is 5.75 Å². The van der Waals surface area contributed by atoms with Crippen LogP contribution in [0.15, 0.2) is 24.3 Å². The lowest BCUT2D eigenvalue weighted by Crippen LogP contribution is -2.47. The molecular weight excluding hydrogens is 298 g/mol. The molecule has 1 amide bonds. The number of benzene rings is 1. The second-order valence-corrected chi connectivity index (χ2v) is 6.10. The molecule has 23 heavy (non-hydrogen) atoms. The second-order valence-electron chi connectivity index (χ2n) is 6.10. The van der Waals surface area contributed by atoms with Gasteiger partial charge in [0.15, 0.2) is 0 Å². The van der Waals surface area contributed by atoms with Crippen molar-refractivity contribution in [2.75, 3.05) is 26.8 Å². The van der Waals surface area contributed by atoms with Crippen LogP contribution in [0.1, 0.15) is 24.3 Å². The van der Waals surface area contributed by atoms with E-state index in [-0.39, 0.29) is 24.2 Å². The Bertz CT molecular complexity index is 602. The minimum Gasteiger partial charge on any atom is -0.497 e. The lowest BCUT2D eigenvalue weighted by molar-refractivity contribution is -0.148. The first-order valence-corrected chi connectivity index (χ1v) is 7.84. The monoisotopic (exact) mass is 319 g/mol. The van der Waals surface area contributed by atoms with Gasteiger partial charge in [0.05, 0.1) is 26.2 Å². The average Bonchev–Trinajstić information content (AvgIpc) is 3.34. The number of amides is 1. The largest absolute Gasteiger partial charge is 0.497 e. The van der Waals surface area contributed by atoms with E-state index in [1.54, 1.807) is 12.0 Å². The standard InChI is InChI=1S/C17H21NO5/c1-22-12-4-2-3-11(7-12)14-9-15(14)17(21)18-5-6-23-13(10-18)8-16(19)20/h2-4,7,13-15H,5-6,8-10H2,1H3,(H,19,20)/t13-,14-,15+/m0/s1. The highest BCUT2D eigenvalue weighted by molar-refractivity contribution is 5.83. The number of rotatable bonds is 5. The van der Waals surface area contributed by atoms with Crippen LogP contribution in [0.25, 0.3) is 0 Å². The highest BCUT2D eigenvalue weighted by Crippen LogP contribution is 2.49. The van der Waals surface area contributed by atoms with Gasteiger partial charge in [-0.3, -0.25) is 9.59 Å². The number of carboxylic acids is 1. The van der Waals surface area contributed by atoms with Crippen LogP contribution in [-0.2, 0) is 14.3 Å². The third kappa shape index (κ3) is 3.64. The Balaban J connectivity index is 1.60. The number of morpholine rings is 1. The number of methoxy groups -OCH3 is 1. The maximum Gasteiger partial charge on any atom is 0.306 e. The van der Waals surface area contributed by atoms with Gasteiger partial charge < -0.3 is 19.5 Å². The van der Waals surface area contributed by atoms with E-state index in [1.165, 1.54) is 0 Å². The summed E-state index contributed by atoms with van der Waals surface area (Å²) in [7, 11) is 1.63. The molecule has 6 heteroatoms. The minimum absolute atomic E-state index is 0.00863. The topological polar surface area (TPSA) is 76.1 Å². The summed E-state index contributed by atoms with van der Waals surface area (Å²) in [5.74, 6) is 0.235. The molecule has 0 unspecified atom stereocenters. The van der Waals surface area contributed by atoms with Gasteiger partial charge in [-0.15, -0.1) is 0 Å². The lowest BCUT2D eigenvalue weighted by Gasteiger charge is -2.32. The van der Waals surface area contributed by atoms with Gasteiger partial charge in [0.2, 0.25) is 5.91 Å². The van der Waals surface area contributed by atoms with Gasteiger partial charge >= 0.3 is 5.97 Å². The summed E-state index contributed by atoms with van der Waals surface area (Å²) in [6.07, 6.45) is 0.375. The van der Waals surface area contributed by atoms with Crippen LogP contribution < -0.4 is 4.74 Å². The predicted octanol–water partition coefficient (Wildman–Crippen LogP) is 1.50. The zero-order chi connectivity index (χ0) is 16.4. The van der Waals surface area contributed by atoms with E-state index in [1.807, 2.05) is 24.3 Å². The van der Waals surface area contributed by atoms with Crippen molar-refractivity contribution in [1.29, 1.82) is 0 Å². The first-order valence-electron chi connectivity index (χ1n) is 7.84. The van der Waals surface area contributed by atoms with Gasteiger partial charge in [-0.1, -0.05) is 12.1 Å². The Morgan fingerprint density at radius 3 is 3.00 bits per heavy atom. The zero-order valence-corrected chi connectivity index (χ0v) is 13.1. The van der Waals surface area contributed by atoms with Gasteiger partial charge in [0.25, 0.3) is 0 Å². The molecule has 6 nitrogen and oxygen atoms in total. The van der Waals surface area contributed by atoms with Gasteiger partial charge in [0, 0.05) is 19.0 Å². The van der Waals surface area contributed by atoms with Crippen LogP contribution in [0.3, 0.4) is 0 Å². The highest BCUT2D eigenvalue weighted by Gasteiger charge is 2.46. The van der Waals surface area contributed by atoms with Crippen LogP contribution >= 0.6 is 0 Å². The summed E-state index contributed by atoms with van der Waals surface area (Å²) >= 11 is 0. The first kappa shape index (κ1) is 15.8. The number of carbonyl (C=O) groups excluding carboxylic acids is 1. The number of hydrogen-bond acceptors (Lipinski definition) is 4. The smallest absolute Gasteiger partial charge is 0.306 e. The molecule has 1 saturated carbocycles. The second kappa shape index (κ2) is 6.58. The van der Waals surface area contributed by atoms with Crippen LogP contribution in [-0.4, -0.2) is 54.8 Å². The predicted molar refractivity (Wildman–Crippen MR) is 82.4 cm³/mol. The molecule has 1 N–H and O–H groups in total. The molecule has 2 fully saturated rings.